The van der Waals surface area contributed by atoms with Gasteiger partial charge in [-0.05, 0) is 30.2 Å². The average Bonchev–Trinajstić information content (AvgIpc) is 2.72. The van der Waals surface area contributed by atoms with E-state index in [4.69, 9.17) is 0 Å². The van der Waals surface area contributed by atoms with E-state index in [0.717, 1.165) is 38.3 Å². The fraction of sp³-hybridized carbons (Fsp3) is 0.364. The van der Waals surface area contributed by atoms with Crippen molar-refractivity contribution >= 4 is 11.9 Å². The van der Waals surface area contributed by atoms with E-state index in [2.05, 4.69) is 46.7 Å². The third-order valence-corrected chi connectivity index (χ3v) is 5.04. The van der Waals surface area contributed by atoms with Gasteiger partial charge in [0.2, 0.25) is 0 Å². The van der Waals surface area contributed by atoms with E-state index in [9.17, 15) is 9.59 Å². The number of hydrogen-bond acceptors (Lipinski definition) is 3. The summed E-state index contributed by atoms with van der Waals surface area (Å²) in [6.07, 6.45) is 0. The second-order valence-electron chi connectivity index (χ2n) is 7.19. The van der Waals surface area contributed by atoms with E-state index >= 15 is 0 Å². The van der Waals surface area contributed by atoms with Gasteiger partial charge in [-0.1, -0.05) is 42.0 Å². The Kier molecular flexibility index (Phi) is 6.66. The van der Waals surface area contributed by atoms with Crippen LogP contribution in [0.15, 0.2) is 48.5 Å². The SMILES string of the molecule is CNC(=O)c1ccc(CNC(=O)N2CCN(Cc3cccc(C)c3)CC2)cc1. The van der Waals surface area contributed by atoms with Crippen LogP contribution in [0.4, 0.5) is 4.79 Å². The van der Waals surface area contributed by atoms with Gasteiger partial charge in [-0.25, -0.2) is 4.79 Å². The minimum Gasteiger partial charge on any atom is -0.355 e. The molecule has 2 aromatic carbocycles. The largest absolute Gasteiger partial charge is 0.355 e. The Labute approximate surface area is 166 Å². The number of urea groups is 1. The Hall–Kier alpha value is -2.86. The molecule has 0 unspecified atom stereocenters. The maximum Gasteiger partial charge on any atom is 0.317 e. The van der Waals surface area contributed by atoms with Crippen molar-refractivity contribution in [3.8, 4) is 0 Å². The van der Waals surface area contributed by atoms with Crippen LogP contribution in [0.1, 0.15) is 27.0 Å². The van der Waals surface area contributed by atoms with Gasteiger partial charge >= 0.3 is 6.03 Å². The Balaban J connectivity index is 1.43. The van der Waals surface area contributed by atoms with Gasteiger partial charge in [0.25, 0.3) is 5.91 Å². The van der Waals surface area contributed by atoms with Gasteiger partial charge in [-0.2, -0.15) is 0 Å². The number of amides is 3. The molecular weight excluding hydrogens is 352 g/mol. The van der Waals surface area contributed by atoms with Crippen molar-refractivity contribution in [2.45, 2.75) is 20.0 Å². The van der Waals surface area contributed by atoms with Crippen molar-refractivity contribution < 1.29 is 9.59 Å². The number of carbonyl (C=O) groups excluding carboxylic acids is 2. The van der Waals surface area contributed by atoms with E-state index in [0.29, 0.717) is 12.1 Å². The van der Waals surface area contributed by atoms with Gasteiger partial charge in [0.15, 0.2) is 0 Å². The molecule has 1 heterocycles. The first-order valence-electron chi connectivity index (χ1n) is 9.67. The first-order valence-corrected chi connectivity index (χ1v) is 9.67. The monoisotopic (exact) mass is 380 g/mol. The van der Waals surface area contributed by atoms with Crippen molar-refractivity contribution in [1.82, 2.24) is 20.4 Å². The van der Waals surface area contributed by atoms with E-state index in [-0.39, 0.29) is 11.9 Å². The highest BCUT2D eigenvalue weighted by Gasteiger charge is 2.20. The summed E-state index contributed by atoms with van der Waals surface area (Å²) in [5.74, 6) is -0.112. The van der Waals surface area contributed by atoms with E-state index in [1.54, 1.807) is 19.2 Å². The molecule has 1 fully saturated rings. The van der Waals surface area contributed by atoms with Gasteiger partial charge in [0.1, 0.15) is 0 Å². The molecule has 2 aromatic rings. The molecule has 1 saturated heterocycles. The first kappa shape index (κ1) is 19.9. The number of piperazine rings is 1. The lowest BCUT2D eigenvalue weighted by molar-refractivity contribution is 0.0963. The quantitative estimate of drug-likeness (QED) is 0.837. The summed E-state index contributed by atoms with van der Waals surface area (Å²) in [6, 6.07) is 15.8. The van der Waals surface area contributed by atoms with Crippen LogP contribution in [0, 0.1) is 6.92 Å². The molecule has 0 atom stereocenters. The zero-order chi connectivity index (χ0) is 19.9. The fourth-order valence-electron chi connectivity index (χ4n) is 3.39. The number of carbonyl (C=O) groups is 2. The van der Waals surface area contributed by atoms with Crippen LogP contribution < -0.4 is 10.6 Å². The summed E-state index contributed by atoms with van der Waals surface area (Å²) >= 11 is 0. The number of aryl methyl sites for hydroxylation is 1. The van der Waals surface area contributed by atoms with Crippen molar-refractivity contribution in [1.29, 1.82) is 0 Å². The van der Waals surface area contributed by atoms with Gasteiger partial charge in [-0.3, -0.25) is 9.69 Å². The van der Waals surface area contributed by atoms with Crippen molar-refractivity contribution in [3.63, 3.8) is 0 Å². The van der Waals surface area contributed by atoms with Crippen molar-refractivity contribution in [3.05, 3.63) is 70.8 Å². The Morgan fingerprint density at radius 1 is 0.964 bits per heavy atom. The van der Waals surface area contributed by atoms with E-state index in [1.165, 1.54) is 11.1 Å². The Bertz CT molecular complexity index is 812. The highest BCUT2D eigenvalue weighted by atomic mass is 16.2. The number of nitrogens with one attached hydrogen (secondary N) is 2. The maximum absolute atomic E-state index is 12.4. The van der Waals surface area contributed by atoms with E-state index in [1.807, 2.05) is 17.0 Å². The normalized spacial score (nSPS) is 14.6. The fourth-order valence-corrected chi connectivity index (χ4v) is 3.39. The number of hydrogen-bond donors (Lipinski definition) is 2. The van der Waals surface area contributed by atoms with Gasteiger partial charge in [-0.15, -0.1) is 0 Å². The Morgan fingerprint density at radius 2 is 1.68 bits per heavy atom. The summed E-state index contributed by atoms with van der Waals surface area (Å²) in [7, 11) is 1.61. The van der Waals surface area contributed by atoms with Crippen LogP contribution in [0.25, 0.3) is 0 Å². The number of benzene rings is 2. The van der Waals surface area contributed by atoms with Gasteiger partial charge in [0, 0.05) is 51.9 Å². The summed E-state index contributed by atoms with van der Waals surface area (Å²) in [5, 5.41) is 5.57. The van der Waals surface area contributed by atoms with Crippen LogP contribution in [0.5, 0.6) is 0 Å². The molecular formula is C22H28N4O2. The molecule has 3 rings (SSSR count). The topological polar surface area (TPSA) is 64.7 Å². The predicted octanol–water partition coefficient (Wildman–Crippen LogP) is 2.38. The zero-order valence-electron chi connectivity index (χ0n) is 16.6. The second kappa shape index (κ2) is 9.37. The minimum absolute atomic E-state index is 0.0365. The summed E-state index contributed by atoms with van der Waals surface area (Å²) in [4.78, 5) is 28.3. The molecule has 6 nitrogen and oxygen atoms in total. The third kappa shape index (κ3) is 5.33. The molecule has 2 N–H and O–H groups in total. The lowest BCUT2D eigenvalue weighted by Gasteiger charge is -2.34. The molecule has 3 amide bonds. The molecule has 0 aliphatic carbocycles. The minimum atomic E-state index is -0.112. The Morgan fingerprint density at radius 3 is 2.32 bits per heavy atom. The standard InChI is InChI=1S/C22H28N4O2/c1-17-4-3-5-19(14-17)16-25-10-12-26(13-11-25)22(28)24-15-18-6-8-20(9-7-18)21(27)23-2/h3-9,14H,10-13,15-16H2,1-2H3,(H,23,27)(H,24,28). The lowest BCUT2D eigenvalue weighted by atomic mass is 10.1. The average molecular weight is 380 g/mol. The molecule has 6 heteroatoms. The van der Waals surface area contributed by atoms with Crippen LogP contribution in [-0.2, 0) is 13.1 Å². The van der Waals surface area contributed by atoms with Crippen LogP contribution >= 0.6 is 0 Å². The molecule has 148 valence electrons. The number of rotatable bonds is 5. The lowest BCUT2D eigenvalue weighted by Crippen LogP contribution is -2.51. The van der Waals surface area contributed by atoms with Crippen molar-refractivity contribution in [2.24, 2.45) is 0 Å². The molecule has 28 heavy (non-hydrogen) atoms. The van der Waals surface area contributed by atoms with Gasteiger partial charge in [0.05, 0.1) is 0 Å². The molecule has 1 aliphatic heterocycles. The van der Waals surface area contributed by atoms with E-state index < -0.39 is 0 Å². The van der Waals surface area contributed by atoms with Crippen LogP contribution in [0.2, 0.25) is 0 Å². The van der Waals surface area contributed by atoms with Crippen molar-refractivity contribution in [2.75, 3.05) is 33.2 Å². The van der Waals surface area contributed by atoms with Gasteiger partial charge < -0.3 is 15.5 Å². The smallest absolute Gasteiger partial charge is 0.317 e. The zero-order valence-corrected chi connectivity index (χ0v) is 16.6. The van der Waals surface area contributed by atoms with Crippen LogP contribution in [0.3, 0.4) is 0 Å². The molecule has 0 bridgehead atoms. The summed E-state index contributed by atoms with van der Waals surface area (Å²) in [6.45, 7) is 6.70. The first-order chi connectivity index (χ1) is 13.5. The summed E-state index contributed by atoms with van der Waals surface area (Å²) in [5.41, 5.74) is 4.18. The predicted molar refractivity (Wildman–Crippen MR) is 110 cm³/mol. The van der Waals surface area contributed by atoms with Crippen LogP contribution in [-0.4, -0.2) is 55.0 Å². The molecule has 1 aliphatic rings. The highest BCUT2D eigenvalue weighted by Crippen LogP contribution is 2.11. The third-order valence-electron chi connectivity index (χ3n) is 5.04. The molecule has 0 radical (unpaired) electrons. The number of nitrogens with zero attached hydrogens (tertiary/aromatic N) is 2. The maximum atomic E-state index is 12.4. The molecule has 0 saturated carbocycles. The molecule has 0 aromatic heterocycles. The summed E-state index contributed by atoms with van der Waals surface area (Å²) < 4.78 is 0. The second-order valence-corrected chi connectivity index (χ2v) is 7.19. The molecule has 0 spiro atoms. The highest BCUT2D eigenvalue weighted by molar-refractivity contribution is 5.93.